The lowest BCUT2D eigenvalue weighted by Crippen LogP contribution is -2.36. The Morgan fingerprint density at radius 3 is 2.70 bits per heavy atom. The molecule has 0 fully saturated rings. The number of hydrogen-bond donors (Lipinski definition) is 1. The maximum absolute atomic E-state index is 10.8. The van der Waals surface area contributed by atoms with Crippen molar-refractivity contribution in [2.45, 2.75) is 71.8 Å². The number of fused-ring (bicyclic) bond motifs is 1. The van der Waals surface area contributed by atoms with E-state index >= 15 is 0 Å². The summed E-state index contributed by atoms with van der Waals surface area (Å²) < 4.78 is 11.8. The quantitative estimate of drug-likeness (QED) is 0.475. The van der Waals surface area contributed by atoms with E-state index in [1.807, 2.05) is 6.07 Å². The van der Waals surface area contributed by atoms with Gasteiger partial charge in [-0.3, -0.25) is 0 Å². The molecule has 1 aromatic carbocycles. The molecule has 0 saturated carbocycles. The van der Waals surface area contributed by atoms with Crippen LogP contribution in [0.5, 0.6) is 11.5 Å². The normalized spacial score (nSPS) is 20.0. The molecule has 0 saturated heterocycles. The zero-order valence-corrected chi connectivity index (χ0v) is 17.2. The van der Waals surface area contributed by atoms with E-state index in [1.54, 1.807) is 20.1 Å². The highest BCUT2D eigenvalue weighted by atomic mass is 16.5. The van der Waals surface area contributed by atoms with Crippen LogP contribution in [0.4, 0.5) is 0 Å². The third kappa shape index (κ3) is 5.88. The Bertz CT molecular complexity index is 745. The minimum Gasteiger partial charge on any atom is -0.497 e. The first kappa shape index (κ1) is 21.1. The topological polar surface area (TPSA) is 55.8 Å². The second-order valence-corrected chi connectivity index (χ2v) is 7.80. The fourth-order valence-corrected chi connectivity index (χ4v) is 3.46. The first-order valence-corrected chi connectivity index (χ1v) is 9.66. The lowest BCUT2D eigenvalue weighted by Gasteiger charge is -2.37. The van der Waals surface area contributed by atoms with Gasteiger partial charge in [-0.25, -0.2) is 4.79 Å². The number of carboxylic acid groups (broad SMARTS) is 1. The Balaban J connectivity index is 1.91. The highest BCUT2D eigenvalue weighted by molar-refractivity contribution is 5.85. The van der Waals surface area contributed by atoms with Crippen molar-refractivity contribution >= 4 is 5.97 Å². The molecule has 0 spiro atoms. The number of aliphatic carboxylic acids is 1. The summed E-state index contributed by atoms with van der Waals surface area (Å²) in [5.74, 6) is 1.07. The van der Waals surface area contributed by atoms with E-state index < -0.39 is 5.97 Å². The lowest BCUT2D eigenvalue weighted by molar-refractivity contribution is -0.132. The highest BCUT2D eigenvalue weighted by Gasteiger charge is 2.32. The number of benzene rings is 1. The van der Waals surface area contributed by atoms with E-state index in [4.69, 9.17) is 14.6 Å². The summed E-state index contributed by atoms with van der Waals surface area (Å²) in [7, 11) is 1.70. The number of carbonyl (C=O) groups is 1. The molecule has 1 atom stereocenters. The van der Waals surface area contributed by atoms with E-state index in [1.165, 1.54) is 11.1 Å². The fraction of sp³-hybridized carbons (Fsp3) is 0.522. The molecule has 1 unspecified atom stereocenters. The summed E-state index contributed by atoms with van der Waals surface area (Å²) in [6, 6.07) is 4.11. The Kier molecular flexibility index (Phi) is 7.11. The Morgan fingerprint density at radius 1 is 1.30 bits per heavy atom. The van der Waals surface area contributed by atoms with Crippen molar-refractivity contribution in [2.24, 2.45) is 0 Å². The average molecular weight is 373 g/mol. The Morgan fingerprint density at radius 2 is 2.04 bits per heavy atom. The number of methoxy groups -OCH3 is 1. The first-order valence-electron chi connectivity index (χ1n) is 9.66. The molecule has 1 aliphatic heterocycles. The van der Waals surface area contributed by atoms with Gasteiger partial charge >= 0.3 is 5.97 Å². The first-order chi connectivity index (χ1) is 12.7. The summed E-state index contributed by atoms with van der Waals surface area (Å²) in [5, 5.41) is 8.88. The standard InChI is InChI=1S/C23H32O4/c1-16(8-6-10-17(2)22(24)25)9-7-12-23(4)13-11-19-15-20(26-5)14-18(3)21(19)27-23/h9-10,14-15H,6-8,11-13H2,1-5H3,(H,24,25). The van der Waals surface area contributed by atoms with E-state index in [0.717, 1.165) is 55.6 Å². The monoisotopic (exact) mass is 372 g/mol. The van der Waals surface area contributed by atoms with Crippen LogP contribution in [0.25, 0.3) is 0 Å². The van der Waals surface area contributed by atoms with E-state index in [-0.39, 0.29) is 5.60 Å². The van der Waals surface area contributed by atoms with Crippen molar-refractivity contribution in [1.82, 2.24) is 0 Å². The summed E-state index contributed by atoms with van der Waals surface area (Å²) in [6.07, 6.45) is 9.65. The van der Waals surface area contributed by atoms with Crippen molar-refractivity contribution in [3.05, 3.63) is 46.6 Å². The smallest absolute Gasteiger partial charge is 0.330 e. The van der Waals surface area contributed by atoms with Crippen molar-refractivity contribution in [1.29, 1.82) is 0 Å². The third-order valence-electron chi connectivity index (χ3n) is 5.32. The number of hydrogen-bond acceptors (Lipinski definition) is 3. The van der Waals surface area contributed by atoms with Crippen LogP contribution >= 0.6 is 0 Å². The van der Waals surface area contributed by atoms with Gasteiger partial charge in [0, 0.05) is 5.57 Å². The predicted octanol–water partition coefficient (Wildman–Crippen LogP) is 5.62. The molecular weight excluding hydrogens is 340 g/mol. The molecule has 0 radical (unpaired) electrons. The van der Waals surface area contributed by atoms with Crippen LogP contribution in [0.1, 0.15) is 64.0 Å². The van der Waals surface area contributed by atoms with Gasteiger partial charge in [0.15, 0.2) is 0 Å². The number of rotatable bonds is 8. The van der Waals surface area contributed by atoms with Crippen LogP contribution in [0.3, 0.4) is 0 Å². The lowest BCUT2D eigenvalue weighted by atomic mass is 9.87. The van der Waals surface area contributed by atoms with Gasteiger partial charge in [0.2, 0.25) is 0 Å². The molecule has 27 heavy (non-hydrogen) atoms. The number of allylic oxidation sites excluding steroid dienone is 3. The van der Waals surface area contributed by atoms with Gasteiger partial charge in [-0.15, -0.1) is 0 Å². The summed E-state index contributed by atoms with van der Waals surface area (Å²) in [4.78, 5) is 10.8. The molecule has 4 nitrogen and oxygen atoms in total. The third-order valence-corrected chi connectivity index (χ3v) is 5.32. The minimum atomic E-state index is -0.841. The average Bonchev–Trinajstić information content (AvgIpc) is 2.62. The maximum Gasteiger partial charge on any atom is 0.330 e. The molecule has 1 aromatic rings. The minimum absolute atomic E-state index is 0.150. The molecule has 148 valence electrons. The van der Waals surface area contributed by atoms with E-state index in [9.17, 15) is 4.79 Å². The zero-order valence-electron chi connectivity index (χ0n) is 17.2. The Hall–Kier alpha value is -2.23. The van der Waals surface area contributed by atoms with Crippen molar-refractivity contribution in [2.75, 3.05) is 7.11 Å². The van der Waals surface area contributed by atoms with Crippen LogP contribution < -0.4 is 9.47 Å². The Labute approximate surface area is 162 Å². The zero-order chi connectivity index (χ0) is 20.0. The highest BCUT2D eigenvalue weighted by Crippen LogP contribution is 2.40. The van der Waals surface area contributed by atoms with Crippen LogP contribution in [0.15, 0.2) is 35.4 Å². The molecule has 0 bridgehead atoms. The van der Waals surface area contributed by atoms with Crippen LogP contribution in [-0.2, 0) is 11.2 Å². The largest absolute Gasteiger partial charge is 0.497 e. The van der Waals surface area contributed by atoms with Crippen molar-refractivity contribution < 1.29 is 19.4 Å². The second-order valence-electron chi connectivity index (χ2n) is 7.80. The maximum atomic E-state index is 10.8. The van der Waals surface area contributed by atoms with Crippen LogP contribution in [-0.4, -0.2) is 23.8 Å². The summed E-state index contributed by atoms with van der Waals surface area (Å²) >= 11 is 0. The van der Waals surface area contributed by atoms with Crippen molar-refractivity contribution in [3.63, 3.8) is 0 Å². The predicted molar refractivity (Wildman–Crippen MR) is 109 cm³/mol. The number of aryl methyl sites for hydroxylation is 2. The molecule has 0 amide bonds. The molecule has 1 heterocycles. The molecule has 1 N–H and O–H groups in total. The van der Waals surface area contributed by atoms with Crippen molar-refractivity contribution in [3.8, 4) is 11.5 Å². The molecule has 0 aromatic heterocycles. The van der Waals surface area contributed by atoms with Gasteiger partial charge in [0.05, 0.1) is 7.11 Å². The van der Waals surface area contributed by atoms with Crippen LogP contribution in [0, 0.1) is 6.92 Å². The van der Waals surface area contributed by atoms with Gasteiger partial charge in [-0.05, 0) is 89.5 Å². The van der Waals surface area contributed by atoms with Gasteiger partial charge < -0.3 is 14.6 Å². The SMILES string of the molecule is COc1cc(C)c2c(c1)CCC(C)(CCC=C(C)CCC=C(C)C(=O)O)O2. The summed E-state index contributed by atoms with van der Waals surface area (Å²) in [5.41, 5.74) is 3.92. The van der Waals surface area contributed by atoms with Gasteiger partial charge in [-0.2, -0.15) is 0 Å². The van der Waals surface area contributed by atoms with E-state index in [0.29, 0.717) is 5.57 Å². The fourth-order valence-electron chi connectivity index (χ4n) is 3.46. The summed E-state index contributed by atoms with van der Waals surface area (Å²) in [6.45, 7) is 8.02. The molecule has 1 aliphatic rings. The number of carboxylic acids is 1. The molecule has 2 rings (SSSR count). The van der Waals surface area contributed by atoms with Gasteiger partial charge in [0.25, 0.3) is 0 Å². The molecular formula is C23H32O4. The van der Waals surface area contributed by atoms with Crippen LogP contribution in [0.2, 0.25) is 0 Å². The molecule has 0 aliphatic carbocycles. The second kappa shape index (κ2) is 9.12. The van der Waals surface area contributed by atoms with Gasteiger partial charge in [-0.1, -0.05) is 17.7 Å². The molecule has 4 heteroatoms. The van der Waals surface area contributed by atoms with Gasteiger partial charge in [0.1, 0.15) is 17.1 Å². The van der Waals surface area contributed by atoms with E-state index in [2.05, 4.69) is 32.9 Å². The number of ether oxygens (including phenoxy) is 2.